The standard InChI is InChI=1S/C19H15F3N2O2S/c1-2-26-15-9-8-13(19(20,21)22)10-14(15)24-17(25)16-11-23-18(27-16)12-6-4-3-5-7-12/h3-11H,2H2,1H3,(H,24,25). The number of alkyl halides is 3. The van der Waals surface area contributed by atoms with Gasteiger partial charge in [-0.25, -0.2) is 4.98 Å². The lowest BCUT2D eigenvalue weighted by Gasteiger charge is -2.14. The molecule has 2 aromatic carbocycles. The molecule has 3 aromatic rings. The van der Waals surface area contributed by atoms with Crippen molar-refractivity contribution in [3.8, 4) is 16.3 Å². The Morgan fingerprint density at radius 2 is 1.93 bits per heavy atom. The van der Waals surface area contributed by atoms with Crippen molar-refractivity contribution in [2.75, 3.05) is 11.9 Å². The van der Waals surface area contributed by atoms with E-state index in [2.05, 4.69) is 10.3 Å². The van der Waals surface area contributed by atoms with Crippen molar-refractivity contribution < 1.29 is 22.7 Å². The van der Waals surface area contributed by atoms with Gasteiger partial charge in [-0.05, 0) is 25.1 Å². The van der Waals surface area contributed by atoms with Crippen LogP contribution in [0.2, 0.25) is 0 Å². The average molecular weight is 392 g/mol. The van der Waals surface area contributed by atoms with E-state index in [4.69, 9.17) is 4.74 Å². The molecule has 0 spiro atoms. The first kappa shape index (κ1) is 18.9. The number of hydrogen-bond donors (Lipinski definition) is 1. The zero-order valence-corrected chi connectivity index (χ0v) is 15.0. The number of amides is 1. The molecule has 27 heavy (non-hydrogen) atoms. The van der Waals surface area contributed by atoms with Crippen LogP contribution in [-0.2, 0) is 6.18 Å². The predicted octanol–water partition coefficient (Wildman–Crippen LogP) is 5.48. The second kappa shape index (κ2) is 7.79. The number of hydrogen-bond acceptors (Lipinski definition) is 4. The maximum absolute atomic E-state index is 13.0. The van der Waals surface area contributed by atoms with Gasteiger partial charge in [0.1, 0.15) is 15.6 Å². The monoisotopic (exact) mass is 392 g/mol. The van der Waals surface area contributed by atoms with Crippen LogP contribution in [0.1, 0.15) is 22.2 Å². The van der Waals surface area contributed by atoms with Gasteiger partial charge in [-0.15, -0.1) is 11.3 Å². The zero-order chi connectivity index (χ0) is 19.4. The van der Waals surface area contributed by atoms with Crippen LogP contribution >= 0.6 is 11.3 Å². The highest BCUT2D eigenvalue weighted by molar-refractivity contribution is 7.17. The quantitative estimate of drug-likeness (QED) is 0.626. The Kier molecular flexibility index (Phi) is 5.46. The highest BCUT2D eigenvalue weighted by atomic mass is 32.1. The SMILES string of the molecule is CCOc1ccc(C(F)(F)F)cc1NC(=O)c1cnc(-c2ccccc2)s1. The lowest BCUT2D eigenvalue weighted by Crippen LogP contribution is -2.13. The molecular weight excluding hydrogens is 377 g/mol. The van der Waals surface area contributed by atoms with Crippen molar-refractivity contribution in [2.24, 2.45) is 0 Å². The summed E-state index contributed by atoms with van der Waals surface area (Å²) in [7, 11) is 0. The molecule has 1 heterocycles. The van der Waals surface area contributed by atoms with Crippen molar-refractivity contribution in [3.05, 3.63) is 65.2 Å². The van der Waals surface area contributed by atoms with Gasteiger partial charge in [-0.3, -0.25) is 4.79 Å². The first-order valence-corrected chi connectivity index (χ1v) is 8.86. The van der Waals surface area contributed by atoms with Gasteiger partial charge in [0.15, 0.2) is 0 Å². The van der Waals surface area contributed by atoms with Crippen LogP contribution < -0.4 is 10.1 Å². The Bertz CT molecular complexity index is 940. The minimum atomic E-state index is -4.52. The largest absolute Gasteiger partial charge is 0.492 e. The van der Waals surface area contributed by atoms with Gasteiger partial charge in [-0.2, -0.15) is 13.2 Å². The Balaban J connectivity index is 1.86. The van der Waals surface area contributed by atoms with Gasteiger partial charge in [0, 0.05) is 5.56 Å². The number of rotatable bonds is 5. The summed E-state index contributed by atoms with van der Waals surface area (Å²) in [6.07, 6.45) is -3.12. The fourth-order valence-corrected chi connectivity index (χ4v) is 3.18. The minimum Gasteiger partial charge on any atom is -0.492 e. The third-order valence-corrected chi connectivity index (χ3v) is 4.65. The van der Waals surface area contributed by atoms with Crippen LogP contribution in [-0.4, -0.2) is 17.5 Å². The number of aromatic nitrogens is 1. The Hall–Kier alpha value is -2.87. The Morgan fingerprint density at radius 3 is 2.59 bits per heavy atom. The number of halogens is 3. The molecule has 8 heteroatoms. The maximum atomic E-state index is 13.0. The number of ether oxygens (including phenoxy) is 1. The number of anilines is 1. The molecule has 0 bridgehead atoms. The van der Waals surface area contributed by atoms with Crippen molar-refractivity contribution in [1.29, 1.82) is 0 Å². The summed E-state index contributed by atoms with van der Waals surface area (Å²) in [5.41, 5.74) is -0.0440. The van der Waals surface area contributed by atoms with Crippen LogP contribution in [0.4, 0.5) is 18.9 Å². The normalized spacial score (nSPS) is 11.3. The molecule has 0 atom stereocenters. The fraction of sp³-hybridized carbons (Fsp3) is 0.158. The van der Waals surface area contributed by atoms with E-state index in [1.165, 1.54) is 12.3 Å². The van der Waals surface area contributed by atoms with E-state index in [9.17, 15) is 18.0 Å². The highest BCUT2D eigenvalue weighted by Gasteiger charge is 2.31. The fourth-order valence-electron chi connectivity index (χ4n) is 2.36. The van der Waals surface area contributed by atoms with Crippen molar-refractivity contribution in [3.63, 3.8) is 0 Å². The van der Waals surface area contributed by atoms with Crippen molar-refractivity contribution in [2.45, 2.75) is 13.1 Å². The van der Waals surface area contributed by atoms with E-state index in [0.29, 0.717) is 5.01 Å². The van der Waals surface area contributed by atoms with E-state index >= 15 is 0 Å². The second-order valence-electron chi connectivity index (χ2n) is 5.49. The first-order valence-electron chi connectivity index (χ1n) is 8.05. The minimum absolute atomic E-state index is 0.0358. The third-order valence-electron chi connectivity index (χ3n) is 3.61. The lowest BCUT2D eigenvalue weighted by molar-refractivity contribution is -0.137. The molecule has 0 aliphatic carbocycles. The predicted molar refractivity (Wildman–Crippen MR) is 98.1 cm³/mol. The molecule has 4 nitrogen and oxygen atoms in total. The van der Waals surface area contributed by atoms with Crippen LogP contribution in [0.15, 0.2) is 54.7 Å². The van der Waals surface area contributed by atoms with Gasteiger partial charge >= 0.3 is 6.18 Å². The van der Waals surface area contributed by atoms with E-state index in [0.717, 1.165) is 29.0 Å². The molecule has 3 rings (SSSR count). The van der Waals surface area contributed by atoms with E-state index in [-0.39, 0.29) is 22.9 Å². The summed E-state index contributed by atoms with van der Waals surface area (Å²) in [5, 5.41) is 3.14. The molecule has 0 aliphatic heterocycles. The summed E-state index contributed by atoms with van der Waals surface area (Å²) < 4.78 is 44.2. The number of nitrogens with zero attached hydrogens (tertiary/aromatic N) is 1. The summed E-state index contributed by atoms with van der Waals surface area (Å²) >= 11 is 1.16. The molecule has 0 fully saturated rings. The average Bonchev–Trinajstić information content (AvgIpc) is 3.13. The Morgan fingerprint density at radius 1 is 1.19 bits per heavy atom. The molecule has 0 saturated carbocycles. The second-order valence-corrected chi connectivity index (χ2v) is 6.52. The molecule has 0 unspecified atom stereocenters. The van der Waals surface area contributed by atoms with Crippen LogP contribution in [0, 0.1) is 0 Å². The number of carbonyl (C=O) groups excluding carboxylic acids is 1. The summed E-state index contributed by atoms with van der Waals surface area (Å²) in [6, 6.07) is 12.3. The smallest absolute Gasteiger partial charge is 0.416 e. The van der Waals surface area contributed by atoms with Crippen LogP contribution in [0.25, 0.3) is 10.6 Å². The topological polar surface area (TPSA) is 51.2 Å². The Labute approximate surface area is 157 Å². The zero-order valence-electron chi connectivity index (χ0n) is 14.2. The molecule has 0 aliphatic rings. The summed E-state index contributed by atoms with van der Waals surface area (Å²) in [5.74, 6) is -0.374. The molecule has 0 saturated heterocycles. The number of benzene rings is 2. The molecule has 1 amide bonds. The van der Waals surface area contributed by atoms with Crippen LogP contribution in [0.5, 0.6) is 5.75 Å². The van der Waals surface area contributed by atoms with E-state index in [1.54, 1.807) is 6.92 Å². The lowest BCUT2D eigenvalue weighted by atomic mass is 10.1. The molecule has 0 radical (unpaired) electrons. The van der Waals surface area contributed by atoms with E-state index in [1.807, 2.05) is 30.3 Å². The van der Waals surface area contributed by atoms with Crippen molar-refractivity contribution in [1.82, 2.24) is 4.98 Å². The van der Waals surface area contributed by atoms with Gasteiger partial charge < -0.3 is 10.1 Å². The first-order chi connectivity index (χ1) is 12.9. The number of nitrogens with one attached hydrogen (secondary N) is 1. The molecule has 1 aromatic heterocycles. The third kappa shape index (κ3) is 4.46. The van der Waals surface area contributed by atoms with Gasteiger partial charge in [0.2, 0.25) is 0 Å². The maximum Gasteiger partial charge on any atom is 0.416 e. The van der Waals surface area contributed by atoms with Gasteiger partial charge in [0.25, 0.3) is 5.91 Å². The summed E-state index contributed by atoms with van der Waals surface area (Å²) in [6.45, 7) is 1.96. The number of carbonyl (C=O) groups is 1. The highest BCUT2D eigenvalue weighted by Crippen LogP contribution is 2.35. The van der Waals surface area contributed by atoms with Gasteiger partial charge in [-0.1, -0.05) is 30.3 Å². The van der Waals surface area contributed by atoms with Gasteiger partial charge in [0.05, 0.1) is 24.1 Å². The number of thiazole rings is 1. The van der Waals surface area contributed by atoms with Crippen molar-refractivity contribution >= 4 is 22.9 Å². The molecule has 1 N–H and O–H groups in total. The van der Waals surface area contributed by atoms with Crippen LogP contribution in [0.3, 0.4) is 0 Å². The summed E-state index contributed by atoms with van der Waals surface area (Å²) in [4.78, 5) is 17.0. The van der Waals surface area contributed by atoms with E-state index < -0.39 is 17.6 Å². The molecular formula is C19H15F3N2O2S. The molecule has 140 valence electrons.